The number of benzene rings is 2. The van der Waals surface area contributed by atoms with Gasteiger partial charge in [0.25, 0.3) is 5.91 Å². The number of carbonyl (C=O) groups is 2. The van der Waals surface area contributed by atoms with E-state index in [-0.39, 0.29) is 17.5 Å². The van der Waals surface area contributed by atoms with Gasteiger partial charge in [-0.25, -0.2) is 9.18 Å². The Balaban J connectivity index is 2.08. The highest BCUT2D eigenvalue weighted by Gasteiger charge is 2.21. The molecule has 0 radical (unpaired) electrons. The van der Waals surface area contributed by atoms with Crippen molar-refractivity contribution in [1.82, 2.24) is 0 Å². The molecule has 0 bridgehead atoms. The molecule has 2 aromatic rings. The van der Waals surface area contributed by atoms with Crippen LogP contribution in [0.3, 0.4) is 0 Å². The Morgan fingerprint density at radius 2 is 1.83 bits per heavy atom. The molecule has 4 nitrogen and oxygen atoms in total. The molecule has 0 saturated carbocycles. The average Bonchev–Trinajstić information content (AvgIpc) is 2.55. The first-order valence-electron chi connectivity index (χ1n) is 7.39. The lowest BCUT2D eigenvalue weighted by Crippen LogP contribution is -2.39. The summed E-state index contributed by atoms with van der Waals surface area (Å²) in [7, 11) is 0. The Hall–Kier alpha value is -2.21. The summed E-state index contributed by atoms with van der Waals surface area (Å²) in [6.45, 7) is 3.32. The van der Waals surface area contributed by atoms with Gasteiger partial charge in [0.05, 0.1) is 5.56 Å². The normalized spacial score (nSPS) is 10.5. The number of halogens is 2. The highest BCUT2D eigenvalue weighted by atomic mass is 79.9. The molecule has 0 fully saturated rings. The molecule has 0 unspecified atom stereocenters. The number of amides is 1. The summed E-state index contributed by atoms with van der Waals surface area (Å²) >= 11 is 3.16. The van der Waals surface area contributed by atoms with Crippen LogP contribution in [0.5, 0.6) is 0 Å². The second-order valence-corrected chi connectivity index (χ2v) is 6.25. The first-order valence-corrected chi connectivity index (χ1v) is 8.18. The Morgan fingerprint density at radius 3 is 2.46 bits per heavy atom. The fourth-order valence-electron chi connectivity index (χ4n) is 2.25. The summed E-state index contributed by atoms with van der Waals surface area (Å²) in [5.41, 5.74) is 0.763. The fourth-order valence-corrected chi connectivity index (χ4v) is 2.66. The maximum absolute atomic E-state index is 13.3. The Kier molecular flexibility index (Phi) is 6.09. The monoisotopic (exact) mass is 393 g/mol. The highest BCUT2D eigenvalue weighted by Crippen LogP contribution is 2.20. The van der Waals surface area contributed by atoms with Crippen LogP contribution in [0, 0.1) is 5.82 Å². The van der Waals surface area contributed by atoms with Gasteiger partial charge in [0.2, 0.25) is 0 Å². The number of esters is 1. The third kappa shape index (κ3) is 4.41. The van der Waals surface area contributed by atoms with Crippen LogP contribution in [0.4, 0.5) is 10.1 Å². The van der Waals surface area contributed by atoms with Gasteiger partial charge in [-0.1, -0.05) is 18.2 Å². The fraction of sp³-hybridized carbons (Fsp3) is 0.222. The molecule has 0 saturated heterocycles. The maximum Gasteiger partial charge on any atom is 0.339 e. The number of rotatable bonds is 5. The van der Waals surface area contributed by atoms with Gasteiger partial charge in [-0.15, -0.1) is 0 Å². The summed E-state index contributed by atoms with van der Waals surface area (Å²) < 4.78 is 18.7. The van der Waals surface area contributed by atoms with Gasteiger partial charge in [0, 0.05) is 16.2 Å². The van der Waals surface area contributed by atoms with E-state index in [4.69, 9.17) is 4.74 Å². The number of para-hydroxylation sites is 1. The molecule has 0 aliphatic rings. The third-order valence-corrected chi connectivity index (χ3v) is 3.99. The molecule has 0 heterocycles. The van der Waals surface area contributed by atoms with Crippen LogP contribution in [0.15, 0.2) is 53.0 Å². The van der Waals surface area contributed by atoms with Gasteiger partial charge in [0.1, 0.15) is 5.82 Å². The summed E-state index contributed by atoms with van der Waals surface area (Å²) in [6, 6.07) is 12.7. The van der Waals surface area contributed by atoms with E-state index in [0.29, 0.717) is 4.47 Å². The molecule has 126 valence electrons. The van der Waals surface area contributed by atoms with Crippen molar-refractivity contribution in [3.8, 4) is 0 Å². The van der Waals surface area contributed by atoms with E-state index in [0.717, 1.165) is 11.8 Å². The Labute approximate surface area is 148 Å². The van der Waals surface area contributed by atoms with Crippen LogP contribution in [-0.4, -0.2) is 24.5 Å². The van der Waals surface area contributed by atoms with Crippen molar-refractivity contribution >= 4 is 33.5 Å². The van der Waals surface area contributed by atoms with E-state index < -0.39 is 18.4 Å². The topological polar surface area (TPSA) is 46.6 Å². The van der Waals surface area contributed by atoms with Crippen molar-refractivity contribution < 1.29 is 18.7 Å². The lowest BCUT2D eigenvalue weighted by molar-refractivity contribution is -0.122. The SMILES string of the molecule is CC(C)N(C(=O)COC(=O)c1cc(F)ccc1Br)c1ccccc1. The van der Waals surface area contributed by atoms with Crippen LogP contribution in [-0.2, 0) is 9.53 Å². The number of carbonyl (C=O) groups excluding carboxylic acids is 2. The van der Waals surface area contributed by atoms with E-state index in [2.05, 4.69) is 15.9 Å². The van der Waals surface area contributed by atoms with Crippen molar-refractivity contribution in [3.63, 3.8) is 0 Å². The highest BCUT2D eigenvalue weighted by molar-refractivity contribution is 9.10. The zero-order chi connectivity index (χ0) is 17.7. The average molecular weight is 394 g/mol. The molecule has 2 aromatic carbocycles. The number of hydrogen-bond acceptors (Lipinski definition) is 3. The minimum absolute atomic E-state index is 0.0404. The number of anilines is 1. The molecule has 1 amide bonds. The van der Waals surface area contributed by atoms with Crippen molar-refractivity contribution in [3.05, 3.63) is 64.4 Å². The first kappa shape index (κ1) is 18.1. The largest absolute Gasteiger partial charge is 0.452 e. The van der Waals surface area contributed by atoms with E-state index >= 15 is 0 Å². The van der Waals surface area contributed by atoms with Gasteiger partial charge < -0.3 is 9.64 Å². The van der Waals surface area contributed by atoms with Crippen molar-refractivity contribution in [2.75, 3.05) is 11.5 Å². The van der Waals surface area contributed by atoms with Gasteiger partial charge in [0.15, 0.2) is 6.61 Å². The van der Waals surface area contributed by atoms with Gasteiger partial charge in [-0.2, -0.15) is 0 Å². The standard InChI is InChI=1S/C18H17BrFNO3/c1-12(2)21(14-6-4-3-5-7-14)17(22)11-24-18(23)15-10-13(20)8-9-16(15)19/h3-10,12H,11H2,1-2H3. The van der Waals surface area contributed by atoms with E-state index in [9.17, 15) is 14.0 Å². The summed E-state index contributed by atoms with van der Waals surface area (Å²) in [5, 5.41) is 0. The molecule has 0 aliphatic heterocycles. The maximum atomic E-state index is 13.3. The first-order chi connectivity index (χ1) is 11.4. The van der Waals surface area contributed by atoms with Crippen molar-refractivity contribution in [1.29, 1.82) is 0 Å². The van der Waals surface area contributed by atoms with Crippen LogP contribution in [0.1, 0.15) is 24.2 Å². The lowest BCUT2D eigenvalue weighted by atomic mass is 10.2. The predicted molar refractivity (Wildman–Crippen MR) is 93.4 cm³/mol. The van der Waals surface area contributed by atoms with Crippen LogP contribution >= 0.6 is 15.9 Å². The van der Waals surface area contributed by atoms with Crippen LogP contribution in [0.2, 0.25) is 0 Å². The summed E-state index contributed by atoms with van der Waals surface area (Å²) in [4.78, 5) is 26.0. The molecule has 0 aromatic heterocycles. The van der Waals surface area contributed by atoms with Gasteiger partial charge >= 0.3 is 5.97 Å². The van der Waals surface area contributed by atoms with E-state index in [1.165, 1.54) is 12.1 Å². The summed E-state index contributed by atoms with van der Waals surface area (Å²) in [5.74, 6) is -1.66. The van der Waals surface area contributed by atoms with Gasteiger partial charge in [-0.3, -0.25) is 4.79 Å². The zero-order valence-corrected chi connectivity index (χ0v) is 14.9. The van der Waals surface area contributed by atoms with Crippen molar-refractivity contribution in [2.24, 2.45) is 0 Å². The zero-order valence-electron chi connectivity index (χ0n) is 13.3. The van der Waals surface area contributed by atoms with Gasteiger partial charge in [-0.05, 0) is 60.1 Å². The number of nitrogens with zero attached hydrogens (tertiary/aromatic N) is 1. The molecule has 2 rings (SSSR count). The van der Waals surface area contributed by atoms with E-state index in [1.54, 1.807) is 4.90 Å². The smallest absolute Gasteiger partial charge is 0.339 e. The Morgan fingerprint density at radius 1 is 1.17 bits per heavy atom. The molecule has 0 atom stereocenters. The lowest BCUT2D eigenvalue weighted by Gasteiger charge is -2.26. The van der Waals surface area contributed by atoms with Crippen LogP contribution < -0.4 is 4.90 Å². The second kappa shape index (κ2) is 8.06. The quantitative estimate of drug-likeness (QED) is 0.715. The Bertz CT molecular complexity index is 734. The van der Waals surface area contributed by atoms with Crippen molar-refractivity contribution in [2.45, 2.75) is 19.9 Å². The molecular formula is C18H17BrFNO3. The molecule has 0 N–H and O–H groups in total. The number of hydrogen-bond donors (Lipinski definition) is 0. The molecule has 24 heavy (non-hydrogen) atoms. The minimum atomic E-state index is -0.758. The molecule has 6 heteroatoms. The third-order valence-electron chi connectivity index (χ3n) is 3.29. The second-order valence-electron chi connectivity index (χ2n) is 5.39. The predicted octanol–water partition coefficient (Wildman–Crippen LogP) is 4.19. The molecular weight excluding hydrogens is 377 g/mol. The number of ether oxygens (including phenoxy) is 1. The van der Waals surface area contributed by atoms with E-state index in [1.807, 2.05) is 44.2 Å². The minimum Gasteiger partial charge on any atom is -0.452 e. The summed E-state index contributed by atoms with van der Waals surface area (Å²) in [6.07, 6.45) is 0. The molecule has 0 spiro atoms. The molecule has 0 aliphatic carbocycles. The van der Waals surface area contributed by atoms with Crippen LogP contribution in [0.25, 0.3) is 0 Å².